The molecule has 2 atom stereocenters. The molecule has 0 saturated heterocycles. The minimum absolute atomic E-state index is 0.0357. The second kappa shape index (κ2) is 58.6. The first kappa shape index (κ1) is 74.9. The van der Waals surface area contributed by atoms with Crippen LogP contribution in [0.1, 0.15) is 271 Å². The van der Waals surface area contributed by atoms with E-state index >= 15 is 0 Å². The molecule has 9 nitrogen and oxygen atoms in total. The summed E-state index contributed by atoms with van der Waals surface area (Å²) in [6.07, 6.45) is 80.7. The molecular formula is C68H120NO8P. The maximum atomic E-state index is 12.8. The highest BCUT2D eigenvalue weighted by atomic mass is 31.2. The summed E-state index contributed by atoms with van der Waals surface area (Å²) in [6, 6.07) is 0. The van der Waals surface area contributed by atoms with Gasteiger partial charge >= 0.3 is 11.9 Å². The monoisotopic (exact) mass is 1110 g/mol. The number of rotatable bonds is 58. The molecule has 0 aromatic heterocycles. The second-order valence-corrected chi connectivity index (χ2v) is 23.8. The Kier molecular flexibility index (Phi) is 56.3. The summed E-state index contributed by atoms with van der Waals surface area (Å²) in [4.78, 5) is 37.9. The summed E-state index contributed by atoms with van der Waals surface area (Å²) in [7, 11) is 1.16. The minimum atomic E-state index is -4.64. The van der Waals surface area contributed by atoms with Gasteiger partial charge in [-0.15, -0.1) is 0 Å². The Morgan fingerprint density at radius 3 is 1.03 bits per heavy atom. The molecule has 0 aliphatic carbocycles. The third-order valence-electron chi connectivity index (χ3n) is 13.6. The number of unbranched alkanes of at least 4 members (excludes halogenated alkanes) is 28. The number of likely N-dealkylation sites (N-methyl/N-ethyl adjacent to an activating group) is 1. The van der Waals surface area contributed by atoms with Crippen LogP contribution in [-0.4, -0.2) is 70.0 Å². The van der Waals surface area contributed by atoms with E-state index in [0.717, 1.165) is 103 Å². The van der Waals surface area contributed by atoms with Crippen LogP contribution >= 0.6 is 7.82 Å². The molecule has 0 aliphatic rings. The Bertz CT molecular complexity index is 1640. The van der Waals surface area contributed by atoms with Crippen LogP contribution in [0.5, 0.6) is 0 Å². The Balaban J connectivity index is 3.94. The zero-order valence-corrected chi connectivity index (χ0v) is 52.0. The molecule has 0 saturated carbocycles. The predicted molar refractivity (Wildman–Crippen MR) is 332 cm³/mol. The van der Waals surface area contributed by atoms with Crippen molar-refractivity contribution in [1.29, 1.82) is 0 Å². The van der Waals surface area contributed by atoms with Gasteiger partial charge in [-0.1, -0.05) is 265 Å². The van der Waals surface area contributed by atoms with E-state index in [9.17, 15) is 19.0 Å². The Morgan fingerprint density at radius 2 is 0.692 bits per heavy atom. The fraction of sp³-hybridized carbons (Fsp3) is 0.735. The van der Waals surface area contributed by atoms with E-state index < -0.39 is 32.5 Å². The van der Waals surface area contributed by atoms with Crippen molar-refractivity contribution in [1.82, 2.24) is 0 Å². The molecular weight excluding hydrogens is 990 g/mol. The smallest absolute Gasteiger partial charge is 0.306 e. The molecule has 0 fully saturated rings. The molecule has 0 N–H and O–H groups in total. The Labute approximate surface area is 481 Å². The van der Waals surface area contributed by atoms with Gasteiger partial charge in [-0.05, 0) is 89.9 Å². The third-order valence-corrected chi connectivity index (χ3v) is 14.6. The third kappa shape index (κ3) is 62.1. The Hall–Kier alpha value is -3.07. The molecule has 0 aromatic rings. The number of carbonyl (C=O) groups excluding carboxylic acids is 2. The van der Waals surface area contributed by atoms with Crippen LogP contribution in [0.25, 0.3) is 0 Å². The number of carbonyl (C=O) groups is 2. The number of hydrogen-bond acceptors (Lipinski definition) is 8. The number of esters is 2. The molecule has 0 aliphatic heterocycles. The van der Waals surface area contributed by atoms with Crippen molar-refractivity contribution in [3.8, 4) is 0 Å². The highest BCUT2D eigenvalue weighted by Gasteiger charge is 2.22. The zero-order valence-electron chi connectivity index (χ0n) is 51.1. The molecule has 0 radical (unpaired) electrons. The number of phosphoric ester groups is 1. The van der Waals surface area contributed by atoms with Gasteiger partial charge in [0.25, 0.3) is 7.82 Å². The van der Waals surface area contributed by atoms with Gasteiger partial charge < -0.3 is 27.9 Å². The average molecular weight is 1110 g/mol. The Morgan fingerprint density at radius 1 is 0.397 bits per heavy atom. The van der Waals surface area contributed by atoms with Crippen LogP contribution in [-0.2, 0) is 32.7 Å². The molecule has 2 unspecified atom stereocenters. The first-order valence-electron chi connectivity index (χ1n) is 31.9. The first-order chi connectivity index (χ1) is 38.0. The lowest BCUT2D eigenvalue weighted by Crippen LogP contribution is -2.37. The molecule has 78 heavy (non-hydrogen) atoms. The standard InChI is InChI=1S/C68H120NO8P/c1-6-8-10-12-14-16-18-20-22-23-24-25-26-27-28-29-30-31-32-33-34-35-36-37-38-39-40-41-42-43-44-45-47-49-51-53-55-57-59-61-68(71)77-66(65-76-78(72,73)75-63-62-69(3,4)5)64-74-67(70)60-58-56-54-52-50-48-46-21-19-17-15-13-11-9-7-2/h8-11,14-17,20-22,24-25,27-28,46,66H,6-7,12-13,18-19,23,26,29-45,47-65H2,1-5H3/b10-8-,11-9-,16-14-,17-15-,22-20-,25-24-,28-27-,46-21-. The van der Waals surface area contributed by atoms with Gasteiger partial charge in [0.05, 0.1) is 27.7 Å². The van der Waals surface area contributed by atoms with Crippen molar-refractivity contribution in [2.24, 2.45) is 0 Å². The molecule has 0 aromatic carbocycles. The van der Waals surface area contributed by atoms with Crippen molar-refractivity contribution in [3.05, 3.63) is 97.2 Å². The first-order valence-corrected chi connectivity index (χ1v) is 33.4. The SMILES string of the molecule is CC/C=C\C/C=C\C/C=C\C/C=C\C/C=C\CCCCCCCCCCCCCCCCCCCCCCCCCC(=O)OC(COC(=O)CCCCCCC/C=C\C/C=C\C/C=C\CC)COP(=O)([O-])OCC[N+](C)(C)C. The van der Waals surface area contributed by atoms with Crippen molar-refractivity contribution in [2.75, 3.05) is 47.5 Å². The van der Waals surface area contributed by atoms with Crippen LogP contribution in [0.2, 0.25) is 0 Å². The van der Waals surface area contributed by atoms with Crippen LogP contribution < -0.4 is 4.89 Å². The van der Waals surface area contributed by atoms with Crippen molar-refractivity contribution >= 4 is 19.8 Å². The van der Waals surface area contributed by atoms with Gasteiger partial charge in [-0.3, -0.25) is 14.2 Å². The van der Waals surface area contributed by atoms with Crippen LogP contribution in [0.3, 0.4) is 0 Å². The van der Waals surface area contributed by atoms with Gasteiger partial charge in [0.2, 0.25) is 0 Å². The molecule has 0 spiro atoms. The fourth-order valence-electron chi connectivity index (χ4n) is 8.76. The fourth-order valence-corrected chi connectivity index (χ4v) is 9.49. The molecule has 0 bridgehead atoms. The van der Waals surface area contributed by atoms with Gasteiger partial charge in [0, 0.05) is 12.8 Å². The van der Waals surface area contributed by atoms with Crippen molar-refractivity contribution in [2.45, 2.75) is 277 Å². The average Bonchev–Trinajstić information content (AvgIpc) is 3.41. The topological polar surface area (TPSA) is 111 Å². The minimum Gasteiger partial charge on any atom is -0.756 e. The van der Waals surface area contributed by atoms with Crippen LogP contribution in [0.4, 0.5) is 0 Å². The van der Waals surface area contributed by atoms with Gasteiger partial charge in [-0.25, -0.2) is 0 Å². The molecule has 450 valence electrons. The lowest BCUT2D eigenvalue weighted by Gasteiger charge is -2.28. The molecule has 10 heteroatoms. The number of ether oxygens (including phenoxy) is 2. The van der Waals surface area contributed by atoms with Gasteiger partial charge in [0.1, 0.15) is 19.8 Å². The van der Waals surface area contributed by atoms with Crippen molar-refractivity contribution < 1.29 is 42.1 Å². The number of quaternary nitrogens is 1. The van der Waals surface area contributed by atoms with E-state index in [1.807, 2.05) is 21.1 Å². The number of phosphoric acid groups is 1. The predicted octanol–water partition coefficient (Wildman–Crippen LogP) is 19.7. The van der Waals surface area contributed by atoms with E-state index in [1.54, 1.807) is 0 Å². The maximum Gasteiger partial charge on any atom is 0.306 e. The highest BCUT2D eigenvalue weighted by molar-refractivity contribution is 7.45. The van der Waals surface area contributed by atoms with E-state index in [4.69, 9.17) is 18.5 Å². The summed E-state index contributed by atoms with van der Waals surface area (Å²) in [5.74, 6) is -0.848. The quantitative estimate of drug-likeness (QED) is 0.0195. The summed E-state index contributed by atoms with van der Waals surface area (Å²) in [5.41, 5.74) is 0. The zero-order chi connectivity index (χ0) is 57.0. The number of allylic oxidation sites excluding steroid dienone is 16. The van der Waals surface area contributed by atoms with E-state index in [-0.39, 0.29) is 26.1 Å². The summed E-state index contributed by atoms with van der Waals surface area (Å²) < 4.78 is 34.1. The molecule has 0 rings (SSSR count). The summed E-state index contributed by atoms with van der Waals surface area (Å²) in [5, 5.41) is 0. The lowest BCUT2D eigenvalue weighted by molar-refractivity contribution is -0.870. The second-order valence-electron chi connectivity index (χ2n) is 22.4. The van der Waals surface area contributed by atoms with E-state index in [0.29, 0.717) is 23.9 Å². The number of nitrogens with zero attached hydrogens (tertiary/aromatic N) is 1. The normalized spacial score (nSPS) is 13.9. The van der Waals surface area contributed by atoms with Crippen LogP contribution in [0, 0.1) is 0 Å². The maximum absolute atomic E-state index is 12.8. The lowest BCUT2D eigenvalue weighted by atomic mass is 10.0. The highest BCUT2D eigenvalue weighted by Crippen LogP contribution is 2.38. The van der Waals surface area contributed by atoms with E-state index in [2.05, 4.69) is 111 Å². The molecule has 0 heterocycles. The summed E-state index contributed by atoms with van der Waals surface area (Å²) in [6.45, 7) is 4.00. The summed E-state index contributed by atoms with van der Waals surface area (Å²) >= 11 is 0. The van der Waals surface area contributed by atoms with Crippen LogP contribution in [0.15, 0.2) is 97.2 Å². The van der Waals surface area contributed by atoms with Gasteiger partial charge in [-0.2, -0.15) is 0 Å². The largest absolute Gasteiger partial charge is 0.756 e. The molecule has 0 amide bonds. The van der Waals surface area contributed by atoms with E-state index in [1.165, 1.54) is 128 Å². The van der Waals surface area contributed by atoms with Crippen molar-refractivity contribution in [3.63, 3.8) is 0 Å². The van der Waals surface area contributed by atoms with Gasteiger partial charge in [0.15, 0.2) is 6.10 Å². The number of hydrogen-bond donors (Lipinski definition) is 0.